The molecule has 0 unspecified atom stereocenters. The van der Waals surface area contributed by atoms with E-state index in [1.165, 1.54) is 0 Å². The lowest BCUT2D eigenvalue weighted by molar-refractivity contribution is 0.230. The molecule has 0 aliphatic carbocycles. The monoisotopic (exact) mass is 359 g/mol. The van der Waals surface area contributed by atoms with Crippen molar-refractivity contribution in [2.45, 2.75) is 13.0 Å². The molecule has 4 rings (SSSR count). The Morgan fingerprint density at radius 1 is 1.26 bits per heavy atom. The van der Waals surface area contributed by atoms with E-state index in [1.54, 1.807) is 33.7 Å². The van der Waals surface area contributed by atoms with Gasteiger partial charge in [0, 0.05) is 18.0 Å². The van der Waals surface area contributed by atoms with Crippen molar-refractivity contribution in [2.24, 2.45) is 0 Å². The second-order valence-electron chi connectivity index (χ2n) is 6.18. The highest BCUT2D eigenvalue weighted by molar-refractivity contribution is 5.78. The smallest absolute Gasteiger partial charge is 0.247 e. The first-order valence-corrected chi connectivity index (χ1v) is 8.46. The summed E-state index contributed by atoms with van der Waals surface area (Å²) in [5.74, 6) is 0.451. The summed E-state index contributed by atoms with van der Waals surface area (Å²) in [5.41, 5.74) is 3.95. The van der Waals surface area contributed by atoms with Crippen molar-refractivity contribution < 1.29 is 5.11 Å². The summed E-state index contributed by atoms with van der Waals surface area (Å²) in [4.78, 5) is 4.59. The molecular weight excluding hydrogens is 342 g/mol. The van der Waals surface area contributed by atoms with E-state index in [4.69, 9.17) is 5.26 Å². The van der Waals surface area contributed by atoms with Crippen molar-refractivity contribution in [1.82, 2.24) is 24.4 Å². The highest BCUT2D eigenvalue weighted by Crippen LogP contribution is 2.25. The van der Waals surface area contributed by atoms with Crippen molar-refractivity contribution in [3.63, 3.8) is 0 Å². The Kier molecular flexibility index (Phi) is 4.28. The predicted molar refractivity (Wildman–Crippen MR) is 100 cm³/mol. The topological polar surface area (TPSA) is 104 Å². The van der Waals surface area contributed by atoms with Crippen LogP contribution in [0.15, 0.2) is 55.0 Å². The number of pyridine rings is 1. The fraction of sp³-hybridized carbons (Fsp3) is 0.158. The minimum absolute atomic E-state index is 0.0156. The van der Waals surface area contributed by atoms with Crippen molar-refractivity contribution >= 4 is 17.3 Å². The zero-order valence-corrected chi connectivity index (χ0v) is 14.6. The summed E-state index contributed by atoms with van der Waals surface area (Å²) in [6, 6.07) is 13.3. The van der Waals surface area contributed by atoms with E-state index in [9.17, 15) is 5.11 Å². The molecular formula is C19H17N7O. The van der Waals surface area contributed by atoms with Crippen LogP contribution < -0.4 is 5.32 Å². The number of hydrogen-bond donors (Lipinski definition) is 2. The van der Waals surface area contributed by atoms with Gasteiger partial charge in [-0.15, -0.1) is 5.10 Å². The first-order chi connectivity index (χ1) is 13.2. The molecule has 0 saturated carbocycles. The summed E-state index contributed by atoms with van der Waals surface area (Å²) >= 11 is 0. The molecule has 0 bridgehead atoms. The van der Waals surface area contributed by atoms with Crippen molar-refractivity contribution in [1.29, 1.82) is 5.26 Å². The number of rotatable bonds is 5. The van der Waals surface area contributed by atoms with Crippen LogP contribution in [0.2, 0.25) is 0 Å². The SMILES string of the molecule is C[C@@H](CO)n1cc(Nc2nc3c(-c4ccc(C#N)cc4)cccn3n2)cn1. The van der Waals surface area contributed by atoms with E-state index >= 15 is 0 Å². The van der Waals surface area contributed by atoms with Crippen LogP contribution in [0.3, 0.4) is 0 Å². The van der Waals surface area contributed by atoms with Crippen LogP contribution in [0.1, 0.15) is 18.5 Å². The van der Waals surface area contributed by atoms with E-state index in [-0.39, 0.29) is 12.6 Å². The molecule has 0 amide bonds. The Hall–Kier alpha value is -3.70. The fourth-order valence-electron chi connectivity index (χ4n) is 2.77. The summed E-state index contributed by atoms with van der Waals surface area (Å²) in [6.07, 6.45) is 5.30. The number of fused-ring (bicyclic) bond motifs is 1. The van der Waals surface area contributed by atoms with Gasteiger partial charge in [0.1, 0.15) is 0 Å². The lowest BCUT2D eigenvalue weighted by Gasteiger charge is -2.06. The summed E-state index contributed by atoms with van der Waals surface area (Å²) in [5, 5.41) is 30.0. The summed E-state index contributed by atoms with van der Waals surface area (Å²) in [7, 11) is 0. The maximum Gasteiger partial charge on any atom is 0.247 e. The van der Waals surface area contributed by atoms with Gasteiger partial charge in [-0.25, -0.2) is 4.52 Å². The highest BCUT2D eigenvalue weighted by atomic mass is 16.3. The number of aromatic nitrogens is 5. The van der Waals surface area contributed by atoms with Crippen molar-refractivity contribution in [3.05, 3.63) is 60.6 Å². The number of aliphatic hydroxyl groups is 1. The van der Waals surface area contributed by atoms with Gasteiger partial charge < -0.3 is 10.4 Å². The number of nitriles is 1. The minimum Gasteiger partial charge on any atom is -0.394 e. The van der Waals surface area contributed by atoms with E-state index in [0.717, 1.165) is 16.8 Å². The molecule has 0 saturated heterocycles. The molecule has 0 aliphatic rings. The molecule has 8 nitrogen and oxygen atoms in total. The highest BCUT2D eigenvalue weighted by Gasteiger charge is 2.11. The quantitative estimate of drug-likeness (QED) is 0.568. The molecule has 0 fully saturated rings. The first kappa shape index (κ1) is 16.8. The van der Waals surface area contributed by atoms with Gasteiger partial charge in [-0.1, -0.05) is 12.1 Å². The van der Waals surface area contributed by atoms with Gasteiger partial charge in [-0.3, -0.25) is 4.68 Å². The van der Waals surface area contributed by atoms with E-state index in [1.807, 2.05) is 37.4 Å². The molecule has 8 heteroatoms. The lowest BCUT2D eigenvalue weighted by atomic mass is 10.1. The number of nitrogens with zero attached hydrogens (tertiary/aromatic N) is 6. The molecule has 1 atom stereocenters. The van der Waals surface area contributed by atoms with E-state index < -0.39 is 0 Å². The molecule has 0 spiro atoms. The van der Waals surface area contributed by atoms with Crippen LogP contribution in [0.5, 0.6) is 0 Å². The van der Waals surface area contributed by atoms with Gasteiger partial charge in [-0.05, 0) is 36.8 Å². The molecule has 0 aliphatic heterocycles. The Balaban J connectivity index is 1.66. The van der Waals surface area contributed by atoms with Crippen LogP contribution in [0.25, 0.3) is 16.8 Å². The molecule has 1 aromatic carbocycles. The molecule has 0 radical (unpaired) electrons. The maximum absolute atomic E-state index is 9.23. The van der Waals surface area contributed by atoms with Gasteiger partial charge in [0.25, 0.3) is 0 Å². The van der Waals surface area contributed by atoms with E-state index in [2.05, 4.69) is 26.6 Å². The van der Waals surface area contributed by atoms with Crippen molar-refractivity contribution in [2.75, 3.05) is 11.9 Å². The third-order valence-corrected chi connectivity index (χ3v) is 4.26. The van der Waals surface area contributed by atoms with Crippen LogP contribution in [0, 0.1) is 11.3 Å². The van der Waals surface area contributed by atoms with Crippen LogP contribution in [0.4, 0.5) is 11.6 Å². The molecule has 134 valence electrons. The van der Waals surface area contributed by atoms with Crippen LogP contribution in [-0.2, 0) is 0 Å². The number of hydrogen-bond acceptors (Lipinski definition) is 6. The average Bonchev–Trinajstić information content (AvgIpc) is 3.34. The van der Waals surface area contributed by atoms with Crippen LogP contribution >= 0.6 is 0 Å². The normalized spacial score (nSPS) is 12.0. The second-order valence-corrected chi connectivity index (χ2v) is 6.18. The molecule has 3 aromatic heterocycles. The standard InChI is InChI=1S/C19H17N7O/c1-13(12-27)26-11-16(10-21-26)22-19-23-18-17(3-2-8-25(18)24-19)15-6-4-14(9-20)5-7-15/h2-8,10-11,13,27H,12H2,1H3,(H,22,24)/t13-/m0/s1. The number of benzene rings is 1. The summed E-state index contributed by atoms with van der Waals surface area (Å²) < 4.78 is 3.39. The number of aliphatic hydroxyl groups excluding tert-OH is 1. The number of nitrogens with one attached hydrogen (secondary N) is 1. The Bertz CT molecular complexity index is 1120. The molecule has 27 heavy (non-hydrogen) atoms. The Morgan fingerprint density at radius 3 is 2.81 bits per heavy atom. The summed E-state index contributed by atoms with van der Waals surface area (Å²) in [6.45, 7) is 1.89. The molecule has 4 aromatic rings. The zero-order chi connectivity index (χ0) is 18.8. The predicted octanol–water partition coefficient (Wildman–Crippen LogP) is 2.76. The van der Waals surface area contributed by atoms with Gasteiger partial charge >= 0.3 is 0 Å². The maximum atomic E-state index is 9.23. The van der Waals surface area contributed by atoms with E-state index in [0.29, 0.717) is 17.2 Å². The third-order valence-electron chi connectivity index (χ3n) is 4.26. The Morgan fingerprint density at radius 2 is 2.07 bits per heavy atom. The lowest BCUT2D eigenvalue weighted by Crippen LogP contribution is -2.09. The number of anilines is 2. The van der Waals surface area contributed by atoms with Crippen LogP contribution in [-0.4, -0.2) is 36.1 Å². The average molecular weight is 359 g/mol. The third kappa shape index (κ3) is 3.23. The van der Waals surface area contributed by atoms with Crippen molar-refractivity contribution in [3.8, 4) is 17.2 Å². The minimum atomic E-state index is -0.0995. The fourth-order valence-corrected chi connectivity index (χ4v) is 2.77. The Labute approximate surface area is 155 Å². The van der Waals surface area contributed by atoms with Gasteiger partial charge in [0.05, 0.1) is 36.2 Å². The second kappa shape index (κ2) is 6.90. The van der Waals surface area contributed by atoms with Gasteiger partial charge in [0.2, 0.25) is 5.95 Å². The molecule has 2 N–H and O–H groups in total. The van der Waals surface area contributed by atoms with Gasteiger partial charge in [-0.2, -0.15) is 15.3 Å². The van der Waals surface area contributed by atoms with Gasteiger partial charge in [0.15, 0.2) is 5.65 Å². The zero-order valence-electron chi connectivity index (χ0n) is 14.6. The largest absolute Gasteiger partial charge is 0.394 e. The first-order valence-electron chi connectivity index (χ1n) is 8.46. The molecule has 3 heterocycles.